The molecule has 1 aromatic rings. The van der Waals surface area contributed by atoms with Crippen LogP contribution in [0.15, 0.2) is 0 Å². The second kappa shape index (κ2) is 7.70. The molecule has 0 aromatic carbocycles. The van der Waals surface area contributed by atoms with Crippen LogP contribution < -0.4 is 5.32 Å². The Labute approximate surface area is 133 Å². The highest BCUT2D eigenvalue weighted by atomic mass is 32.1. The summed E-state index contributed by atoms with van der Waals surface area (Å²) in [7, 11) is 1.86. The van der Waals surface area contributed by atoms with Crippen LogP contribution in [-0.2, 0) is 10.3 Å². The first kappa shape index (κ1) is 16.9. The van der Waals surface area contributed by atoms with E-state index in [1.807, 2.05) is 18.4 Å². The minimum Gasteiger partial charge on any atom is -0.371 e. The summed E-state index contributed by atoms with van der Waals surface area (Å²) in [5.41, 5.74) is 1.04. The molecule has 0 aliphatic heterocycles. The molecule has 1 unspecified atom stereocenters. The molecule has 120 valence electrons. The number of nitrogens with zero attached hydrogens (tertiary/aromatic N) is 1. The zero-order chi connectivity index (χ0) is 15.3. The highest BCUT2D eigenvalue weighted by molar-refractivity contribution is 7.12. The Hall–Kier alpha value is -0.450. The second-order valence-corrected chi connectivity index (χ2v) is 7.29. The van der Waals surface area contributed by atoms with Crippen molar-refractivity contribution in [1.29, 1.82) is 0 Å². The van der Waals surface area contributed by atoms with Crippen LogP contribution in [0, 0.1) is 6.92 Å². The van der Waals surface area contributed by atoms with Crippen LogP contribution in [0.2, 0.25) is 0 Å². The van der Waals surface area contributed by atoms with Gasteiger partial charge in [0.15, 0.2) is 0 Å². The van der Waals surface area contributed by atoms with Crippen molar-refractivity contribution in [3.63, 3.8) is 0 Å². The second-order valence-electron chi connectivity index (χ2n) is 6.26. The molecule has 0 spiro atoms. The van der Waals surface area contributed by atoms with Gasteiger partial charge < -0.3 is 10.1 Å². The lowest BCUT2D eigenvalue weighted by Gasteiger charge is -2.29. The van der Waals surface area contributed by atoms with Gasteiger partial charge in [0.2, 0.25) is 0 Å². The van der Waals surface area contributed by atoms with Crippen molar-refractivity contribution in [2.24, 2.45) is 0 Å². The molecule has 0 radical (unpaired) electrons. The van der Waals surface area contributed by atoms with E-state index < -0.39 is 0 Å². The number of hydrogen-bond acceptors (Lipinski definition) is 4. The lowest BCUT2D eigenvalue weighted by molar-refractivity contribution is -0.0280. The Morgan fingerprint density at radius 2 is 1.95 bits per heavy atom. The van der Waals surface area contributed by atoms with E-state index >= 15 is 0 Å². The van der Waals surface area contributed by atoms with Crippen LogP contribution >= 0.6 is 11.3 Å². The third-order valence-electron chi connectivity index (χ3n) is 4.62. The molecule has 1 aliphatic carbocycles. The zero-order valence-corrected chi connectivity index (χ0v) is 14.8. The van der Waals surface area contributed by atoms with Crippen molar-refractivity contribution in [2.75, 3.05) is 13.7 Å². The minimum atomic E-state index is -0.130. The van der Waals surface area contributed by atoms with Crippen LogP contribution in [0.4, 0.5) is 0 Å². The number of ether oxygens (including phenoxy) is 1. The van der Waals surface area contributed by atoms with Crippen molar-refractivity contribution in [3.05, 3.63) is 15.6 Å². The molecule has 1 aromatic heterocycles. The molecule has 1 N–H and O–H groups in total. The minimum absolute atomic E-state index is 0.130. The topological polar surface area (TPSA) is 34.1 Å². The van der Waals surface area contributed by atoms with E-state index in [9.17, 15) is 0 Å². The Morgan fingerprint density at radius 1 is 1.29 bits per heavy atom. The van der Waals surface area contributed by atoms with Gasteiger partial charge in [0.25, 0.3) is 0 Å². The summed E-state index contributed by atoms with van der Waals surface area (Å²) in [5.74, 6) is 0. The fourth-order valence-corrected chi connectivity index (χ4v) is 4.58. The first-order valence-corrected chi connectivity index (χ1v) is 9.21. The largest absolute Gasteiger partial charge is 0.371 e. The number of methoxy groups -OCH3 is 1. The maximum atomic E-state index is 6.00. The quantitative estimate of drug-likeness (QED) is 0.773. The molecule has 1 atom stereocenters. The maximum absolute atomic E-state index is 6.00. The summed E-state index contributed by atoms with van der Waals surface area (Å²) in [4.78, 5) is 6.28. The summed E-state index contributed by atoms with van der Waals surface area (Å²) >= 11 is 1.86. The van der Waals surface area contributed by atoms with Gasteiger partial charge in [-0.2, -0.15) is 0 Å². The number of aryl methyl sites for hydroxylation is 1. The predicted octanol–water partition coefficient (Wildman–Crippen LogP) is 4.71. The molecule has 1 fully saturated rings. The monoisotopic (exact) mass is 310 g/mol. The van der Waals surface area contributed by atoms with E-state index in [2.05, 4.69) is 26.1 Å². The summed E-state index contributed by atoms with van der Waals surface area (Å²) < 4.78 is 6.00. The predicted molar refractivity (Wildman–Crippen MR) is 89.9 cm³/mol. The fourth-order valence-electron chi connectivity index (χ4n) is 3.26. The molecule has 2 rings (SSSR count). The lowest BCUT2D eigenvalue weighted by atomic mass is 9.95. The van der Waals surface area contributed by atoms with Crippen molar-refractivity contribution in [2.45, 2.75) is 77.4 Å². The number of nitrogens with one attached hydrogen (secondary N) is 1. The van der Waals surface area contributed by atoms with Crippen molar-refractivity contribution in [1.82, 2.24) is 10.3 Å². The number of thiazole rings is 1. The standard InChI is InChI=1S/C17H30N2OS/c1-5-12-18-13(2)15-14(3)19-16(21-15)17(20-4)10-8-6-7-9-11-17/h13,18H,5-12H2,1-4H3. The average Bonchev–Trinajstić information content (AvgIpc) is 2.74. The molecule has 0 bridgehead atoms. The van der Waals surface area contributed by atoms with Gasteiger partial charge in [0.1, 0.15) is 10.6 Å². The number of hydrogen-bond donors (Lipinski definition) is 1. The summed E-state index contributed by atoms with van der Waals surface area (Å²) in [6, 6.07) is 0.385. The Balaban J connectivity index is 2.22. The maximum Gasteiger partial charge on any atom is 0.125 e. The van der Waals surface area contributed by atoms with Crippen molar-refractivity contribution in [3.8, 4) is 0 Å². The molecule has 0 saturated heterocycles. The van der Waals surface area contributed by atoms with Gasteiger partial charge in [0.05, 0.1) is 5.69 Å². The van der Waals surface area contributed by atoms with E-state index in [0.29, 0.717) is 6.04 Å². The third kappa shape index (κ3) is 3.85. The van der Waals surface area contributed by atoms with E-state index in [1.54, 1.807) is 0 Å². The van der Waals surface area contributed by atoms with Gasteiger partial charge in [-0.25, -0.2) is 4.98 Å². The number of rotatable bonds is 6. The third-order valence-corrected chi connectivity index (χ3v) is 6.14. The Morgan fingerprint density at radius 3 is 2.52 bits per heavy atom. The fraction of sp³-hybridized carbons (Fsp3) is 0.824. The first-order valence-electron chi connectivity index (χ1n) is 8.39. The first-order chi connectivity index (χ1) is 10.1. The summed E-state index contributed by atoms with van der Waals surface area (Å²) in [6.45, 7) is 7.64. The van der Waals surface area contributed by atoms with Gasteiger partial charge in [0, 0.05) is 18.0 Å². The molecular formula is C17H30N2OS. The highest BCUT2D eigenvalue weighted by Crippen LogP contribution is 2.42. The van der Waals surface area contributed by atoms with E-state index in [0.717, 1.165) is 25.8 Å². The molecule has 1 saturated carbocycles. The molecule has 0 amide bonds. The summed E-state index contributed by atoms with van der Waals surface area (Å²) in [5, 5.41) is 4.78. The van der Waals surface area contributed by atoms with Crippen molar-refractivity contribution >= 4 is 11.3 Å². The normalized spacial score (nSPS) is 20.2. The smallest absolute Gasteiger partial charge is 0.125 e. The van der Waals surface area contributed by atoms with Gasteiger partial charge in [-0.3, -0.25) is 0 Å². The molecule has 1 aliphatic rings. The van der Waals surface area contributed by atoms with Crippen LogP contribution in [0.5, 0.6) is 0 Å². The Kier molecular flexibility index (Phi) is 6.20. The van der Waals surface area contributed by atoms with Crippen LogP contribution in [0.25, 0.3) is 0 Å². The average molecular weight is 311 g/mol. The van der Waals surface area contributed by atoms with Gasteiger partial charge in [-0.1, -0.05) is 32.6 Å². The van der Waals surface area contributed by atoms with Gasteiger partial charge >= 0.3 is 0 Å². The van der Waals surface area contributed by atoms with E-state index in [4.69, 9.17) is 9.72 Å². The SMILES string of the molecule is CCCNC(C)c1sc(C2(OC)CCCCCC2)nc1C. The molecule has 21 heavy (non-hydrogen) atoms. The van der Waals surface area contributed by atoms with Crippen LogP contribution in [-0.4, -0.2) is 18.6 Å². The highest BCUT2D eigenvalue weighted by Gasteiger charge is 2.36. The molecular weight excluding hydrogens is 280 g/mol. The molecule has 4 heteroatoms. The molecule has 3 nitrogen and oxygen atoms in total. The van der Waals surface area contributed by atoms with Gasteiger partial charge in [-0.05, 0) is 39.7 Å². The number of aromatic nitrogens is 1. The zero-order valence-electron chi connectivity index (χ0n) is 14.0. The van der Waals surface area contributed by atoms with Crippen LogP contribution in [0.1, 0.15) is 80.4 Å². The summed E-state index contributed by atoms with van der Waals surface area (Å²) in [6.07, 6.45) is 8.57. The van der Waals surface area contributed by atoms with E-state index in [-0.39, 0.29) is 5.60 Å². The van der Waals surface area contributed by atoms with E-state index in [1.165, 1.54) is 41.3 Å². The van der Waals surface area contributed by atoms with Crippen molar-refractivity contribution < 1.29 is 4.74 Å². The Bertz CT molecular complexity index is 436. The molecule has 1 heterocycles. The lowest BCUT2D eigenvalue weighted by Crippen LogP contribution is -2.27. The van der Waals surface area contributed by atoms with Gasteiger partial charge in [-0.15, -0.1) is 11.3 Å². The van der Waals surface area contributed by atoms with Crippen LogP contribution in [0.3, 0.4) is 0 Å².